The number of rotatable bonds is 5. The zero-order chi connectivity index (χ0) is 21.0. The van der Waals surface area contributed by atoms with Gasteiger partial charge in [0.25, 0.3) is 11.6 Å². The van der Waals surface area contributed by atoms with E-state index in [1.165, 1.54) is 0 Å². The number of nitrogens with zero attached hydrogens (tertiary/aromatic N) is 2. The van der Waals surface area contributed by atoms with E-state index in [1.54, 1.807) is 0 Å². The number of hydrogen-bond acceptors (Lipinski definition) is 1. The van der Waals surface area contributed by atoms with Crippen LogP contribution in [0.2, 0.25) is 0 Å². The van der Waals surface area contributed by atoms with E-state index in [-0.39, 0.29) is 11.9 Å². The minimum atomic E-state index is -0.557. The molecule has 0 aromatic heterocycles. The van der Waals surface area contributed by atoms with Crippen LogP contribution in [0.4, 0.5) is 0 Å². The molecule has 1 aliphatic rings. The van der Waals surface area contributed by atoms with Gasteiger partial charge in [0, 0.05) is 32.0 Å². The van der Waals surface area contributed by atoms with Gasteiger partial charge in [0.15, 0.2) is 6.21 Å². The monoisotopic (exact) mass is 395 g/mol. The molecule has 2 atom stereocenters. The van der Waals surface area contributed by atoms with Crippen molar-refractivity contribution in [2.45, 2.75) is 25.0 Å². The van der Waals surface area contributed by atoms with Crippen LogP contribution in [0.15, 0.2) is 97.1 Å². The molecule has 0 aliphatic carbocycles. The Morgan fingerprint density at radius 2 is 1.47 bits per heavy atom. The van der Waals surface area contributed by atoms with E-state index >= 15 is 0 Å². The fourth-order valence-electron chi connectivity index (χ4n) is 4.21. The first kappa shape index (κ1) is 19.8. The zero-order valence-corrected chi connectivity index (χ0v) is 17.5. The number of allylic oxidation sites excluding steroid dienone is 1. The molecule has 3 aromatic carbocycles. The van der Waals surface area contributed by atoms with Crippen molar-refractivity contribution in [3.8, 4) is 0 Å². The molecule has 30 heavy (non-hydrogen) atoms. The van der Waals surface area contributed by atoms with Crippen LogP contribution in [0.3, 0.4) is 0 Å². The highest BCUT2D eigenvalue weighted by Crippen LogP contribution is 2.36. The Bertz CT molecular complexity index is 1060. The van der Waals surface area contributed by atoms with Crippen LogP contribution >= 0.6 is 0 Å². The second-order valence-corrected chi connectivity index (χ2v) is 7.82. The van der Waals surface area contributed by atoms with E-state index < -0.39 is 5.66 Å². The summed E-state index contributed by atoms with van der Waals surface area (Å²) in [5.74, 6) is 0.134. The highest BCUT2D eigenvalue weighted by molar-refractivity contribution is 5.85. The molecule has 0 saturated carbocycles. The van der Waals surface area contributed by atoms with Gasteiger partial charge in [0.2, 0.25) is 6.04 Å². The summed E-state index contributed by atoms with van der Waals surface area (Å²) in [4.78, 5) is 15.3. The molecule has 0 bridgehead atoms. The maximum atomic E-state index is 13.4. The highest BCUT2D eigenvalue weighted by atomic mass is 16.2. The van der Waals surface area contributed by atoms with Gasteiger partial charge in [0.1, 0.15) is 0 Å². The van der Waals surface area contributed by atoms with Crippen molar-refractivity contribution in [2.75, 3.05) is 7.05 Å². The molecule has 150 valence electrons. The molecule has 0 radical (unpaired) electrons. The van der Waals surface area contributed by atoms with E-state index in [4.69, 9.17) is 0 Å². The lowest BCUT2D eigenvalue weighted by Crippen LogP contribution is -2.43. The predicted molar refractivity (Wildman–Crippen MR) is 122 cm³/mol. The summed E-state index contributed by atoms with van der Waals surface area (Å²) in [5, 5.41) is 0. The Hall–Kier alpha value is -3.46. The van der Waals surface area contributed by atoms with Gasteiger partial charge in [-0.15, -0.1) is 0 Å². The summed E-state index contributed by atoms with van der Waals surface area (Å²) in [6.45, 7) is 2.12. The Morgan fingerprint density at radius 3 is 2.10 bits per heavy atom. The minimum absolute atomic E-state index is 0.134. The third kappa shape index (κ3) is 3.71. The van der Waals surface area contributed by atoms with E-state index in [2.05, 4.69) is 60.2 Å². The van der Waals surface area contributed by atoms with Gasteiger partial charge in [-0.1, -0.05) is 78.9 Å². The third-order valence-electron chi connectivity index (χ3n) is 6.03. The molecule has 1 heterocycles. The molecule has 0 N–H and O–H groups in total. The van der Waals surface area contributed by atoms with Crippen molar-refractivity contribution < 1.29 is 9.37 Å². The van der Waals surface area contributed by atoms with Gasteiger partial charge in [-0.2, -0.15) is 4.58 Å². The number of likely N-dealkylation sites (N-methyl/N-ethyl adjacent to an activating group) is 1. The molecule has 1 fully saturated rings. The summed E-state index contributed by atoms with van der Waals surface area (Å²) in [6.07, 6.45) is 6.85. The smallest absolute Gasteiger partial charge is 0.276 e. The van der Waals surface area contributed by atoms with Crippen LogP contribution in [0.25, 0.3) is 6.08 Å². The second-order valence-electron chi connectivity index (χ2n) is 7.82. The van der Waals surface area contributed by atoms with Crippen molar-refractivity contribution in [2.24, 2.45) is 0 Å². The largest absolute Gasteiger partial charge is 0.296 e. The van der Waals surface area contributed by atoms with Crippen LogP contribution < -0.4 is 0 Å². The maximum absolute atomic E-state index is 13.4. The molecule has 1 aliphatic heterocycles. The lowest BCUT2D eigenvalue weighted by atomic mass is 10.00. The van der Waals surface area contributed by atoms with Crippen molar-refractivity contribution in [3.05, 3.63) is 114 Å². The summed E-state index contributed by atoms with van der Waals surface area (Å²) < 4.78 is 2.21. The number of carbonyl (C=O) groups is 1. The average Bonchev–Trinajstić information content (AvgIpc) is 2.98. The molecule has 3 nitrogen and oxygen atoms in total. The molecular formula is C27H27N2O+. The van der Waals surface area contributed by atoms with Crippen molar-refractivity contribution >= 4 is 18.2 Å². The van der Waals surface area contributed by atoms with E-state index in [0.29, 0.717) is 6.42 Å². The molecule has 1 saturated heterocycles. The lowest BCUT2D eigenvalue weighted by molar-refractivity contribution is -0.629. The average molecular weight is 396 g/mol. The standard InChI is InChI=1S/C27H27N2O/c1-27(24-18-10-5-11-19-24)28(2)26(30)25(21-23-15-8-4-9-16-23)29(27)20-12-17-22-13-6-3-7-14-22/h3-20,25H,21H2,1-2H3/q+1/b17-12+,29-20-/t25-,27+/m0/s1. The summed E-state index contributed by atoms with van der Waals surface area (Å²) in [6, 6.07) is 30.4. The topological polar surface area (TPSA) is 23.3 Å². The van der Waals surface area contributed by atoms with Crippen molar-refractivity contribution in [3.63, 3.8) is 0 Å². The van der Waals surface area contributed by atoms with E-state index in [0.717, 1.165) is 16.7 Å². The van der Waals surface area contributed by atoms with Gasteiger partial charge in [-0.05, 0) is 29.3 Å². The fraction of sp³-hybridized carbons (Fsp3) is 0.185. The van der Waals surface area contributed by atoms with Crippen LogP contribution in [0.5, 0.6) is 0 Å². The first-order valence-corrected chi connectivity index (χ1v) is 10.3. The van der Waals surface area contributed by atoms with Crippen LogP contribution in [-0.4, -0.2) is 34.7 Å². The zero-order valence-electron chi connectivity index (χ0n) is 17.5. The van der Waals surface area contributed by atoms with Gasteiger partial charge in [-0.3, -0.25) is 9.69 Å². The quantitative estimate of drug-likeness (QED) is 0.573. The van der Waals surface area contributed by atoms with Gasteiger partial charge >= 0.3 is 0 Å². The number of hydrogen-bond donors (Lipinski definition) is 0. The summed E-state index contributed by atoms with van der Waals surface area (Å²) in [5.41, 5.74) is 2.83. The molecule has 0 spiro atoms. The fourth-order valence-corrected chi connectivity index (χ4v) is 4.21. The molecule has 0 unspecified atom stereocenters. The Balaban J connectivity index is 1.77. The van der Waals surface area contributed by atoms with Crippen molar-refractivity contribution in [1.82, 2.24) is 4.90 Å². The van der Waals surface area contributed by atoms with Crippen LogP contribution in [0, 0.1) is 0 Å². The molecule has 4 rings (SSSR count). The Morgan fingerprint density at radius 1 is 0.900 bits per heavy atom. The Kier molecular flexibility index (Phi) is 5.62. The predicted octanol–water partition coefficient (Wildman–Crippen LogP) is 4.74. The highest BCUT2D eigenvalue weighted by Gasteiger charge is 2.57. The Labute approximate surface area is 178 Å². The van der Waals surface area contributed by atoms with Crippen LogP contribution in [-0.2, 0) is 16.9 Å². The molecule has 3 aromatic rings. The van der Waals surface area contributed by atoms with E-state index in [9.17, 15) is 4.79 Å². The third-order valence-corrected chi connectivity index (χ3v) is 6.03. The molecule has 1 amide bonds. The first-order valence-electron chi connectivity index (χ1n) is 10.3. The van der Waals surface area contributed by atoms with Gasteiger partial charge in [-0.25, -0.2) is 0 Å². The van der Waals surface area contributed by atoms with Crippen molar-refractivity contribution in [1.29, 1.82) is 0 Å². The molecule has 3 heteroatoms. The second kappa shape index (κ2) is 8.50. The van der Waals surface area contributed by atoms with Gasteiger partial charge in [0.05, 0.1) is 0 Å². The number of benzene rings is 3. The maximum Gasteiger partial charge on any atom is 0.296 e. The van der Waals surface area contributed by atoms with Gasteiger partial charge < -0.3 is 0 Å². The SMILES string of the molecule is CN1C(=O)[C@H](Cc2ccccc2)/[N+](=C/C=C/c2ccccc2)[C@]1(C)c1ccccc1. The number of amides is 1. The minimum Gasteiger partial charge on any atom is -0.276 e. The molecular weight excluding hydrogens is 368 g/mol. The first-order chi connectivity index (χ1) is 14.6. The normalized spacial score (nSPS) is 22.9. The van der Waals surface area contributed by atoms with Crippen LogP contribution in [0.1, 0.15) is 23.6 Å². The summed E-state index contributed by atoms with van der Waals surface area (Å²) in [7, 11) is 1.90. The summed E-state index contributed by atoms with van der Waals surface area (Å²) >= 11 is 0. The number of carbonyl (C=O) groups excluding carboxylic acids is 1. The van der Waals surface area contributed by atoms with E-state index in [1.807, 2.05) is 72.6 Å². The lowest BCUT2D eigenvalue weighted by Gasteiger charge is -2.27.